The molecule has 0 fully saturated rings. The molecule has 0 aromatic heterocycles. The number of methoxy groups -OCH3 is 2. The van der Waals surface area contributed by atoms with Crippen LogP contribution < -0.4 is 14.8 Å². The van der Waals surface area contributed by atoms with Gasteiger partial charge in [-0.25, -0.2) is 4.79 Å². The quantitative estimate of drug-likeness (QED) is 0.487. The van der Waals surface area contributed by atoms with E-state index in [2.05, 4.69) is 5.32 Å². The van der Waals surface area contributed by atoms with Crippen LogP contribution in [0.25, 0.3) is 6.08 Å². The van der Waals surface area contributed by atoms with Crippen molar-refractivity contribution in [3.63, 3.8) is 0 Å². The highest BCUT2D eigenvalue weighted by atomic mass is 35.5. The lowest BCUT2D eigenvalue weighted by Crippen LogP contribution is -2.31. The highest BCUT2D eigenvalue weighted by Crippen LogP contribution is 2.28. The summed E-state index contributed by atoms with van der Waals surface area (Å²) in [5.41, 5.74) is 1.43. The van der Waals surface area contributed by atoms with Crippen molar-refractivity contribution in [3.05, 3.63) is 63.6 Å². The summed E-state index contributed by atoms with van der Waals surface area (Å²) in [6, 6.07) is 9.84. The van der Waals surface area contributed by atoms with Gasteiger partial charge >= 0.3 is 5.97 Å². The molecule has 0 heterocycles. The third kappa shape index (κ3) is 6.69. The lowest BCUT2D eigenvalue weighted by atomic mass is 10.1. The average Bonchev–Trinajstić information content (AvgIpc) is 2.70. The van der Waals surface area contributed by atoms with Gasteiger partial charge in [0.2, 0.25) is 0 Å². The second-order valence-electron chi connectivity index (χ2n) is 6.01. The summed E-state index contributed by atoms with van der Waals surface area (Å²) < 4.78 is 15.3. The van der Waals surface area contributed by atoms with E-state index >= 15 is 0 Å². The lowest BCUT2D eigenvalue weighted by Gasteiger charge is -2.15. The number of nitrogens with one attached hydrogen (secondary N) is 1. The number of halogens is 2. The molecule has 29 heavy (non-hydrogen) atoms. The van der Waals surface area contributed by atoms with Gasteiger partial charge in [-0.2, -0.15) is 0 Å². The summed E-state index contributed by atoms with van der Waals surface area (Å²) in [5, 5.41) is 3.67. The minimum atomic E-state index is -0.646. The predicted octanol–water partition coefficient (Wildman–Crippen LogP) is 4.44. The zero-order valence-corrected chi connectivity index (χ0v) is 17.7. The molecule has 8 heteroatoms. The van der Waals surface area contributed by atoms with E-state index in [1.54, 1.807) is 49.4 Å². The van der Waals surface area contributed by atoms with Gasteiger partial charge in [-0.05, 0) is 48.4 Å². The molecule has 0 radical (unpaired) electrons. The van der Waals surface area contributed by atoms with Gasteiger partial charge in [-0.3, -0.25) is 4.79 Å². The standard InChI is InChI=1S/C21H21Cl2NO5/c1-13(16-7-6-15(22)11-17(16)23)24-20(25)12-29-21(26)9-5-14-4-8-18(27-2)19(10-14)28-3/h4-11,13H,12H2,1-3H3,(H,24,25)/b9-5+. The highest BCUT2D eigenvalue weighted by molar-refractivity contribution is 6.35. The van der Waals surface area contributed by atoms with Crippen LogP contribution in [0.3, 0.4) is 0 Å². The molecular weight excluding hydrogens is 417 g/mol. The third-order valence-electron chi connectivity index (χ3n) is 3.97. The van der Waals surface area contributed by atoms with E-state index < -0.39 is 18.5 Å². The van der Waals surface area contributed by atoms with Crippen LogP contribution in [-0.4, -0.2) is 32.7 Å². The molecule has 1 unspecified atom stereocenters. The largest absolute Gasteiger partial charge is 0.493 e. The molecule has 0 aliphatic rings. The Kier molecular flexibility index (Phi) is 8.36. The zero-order valence-electron chi connectivity index (χ0n) is 16.2. The molecule has 0 aliphatic carbocycles. The number of carbonyl (C=O) groups is 2. The zero-order chi connectivity index (χ0) is 21.4. The van der Waals surface area contributed by atoms with Crippen LogP contribution in [0.5, 0.6) is 11.5 Å². The molecule has 1 atom stereocenters. The van der Waals surface area contributed by atoms with Gasteiger partial charge < -0.3 is 19.5 Å². The Labute approximate surface area is 179 Å². The number of ether oxygens (including phenoxy) is 3. The fourth-order valence-electron chi connectivity index (χ4n) is 2.52. The first-order valence-electron chi connectivity index (χ1n) is 8.65. The van der Waals surface area contributed by atoms with Crippen molar-refractivity contribution in [2.24, 2.45) is 0 Å². The van der Waals surface area contributed by atoms with Crippen molar-refractivity contribution in [2.45, 2.75) is 13.0 Å². The molecule has 2 rings (SSSR count). The van der Waals surface area contributed by atoms with Crippen LogP contribution >= 0.6 is 23.2 Å². The maximum absolute atomic E-state index is 12.0. The Morgan fingerprint density at radius 3 is 2.45 bits per heavy atom. The maximum atomic E-state index is 12.0. The molecule has 6 nitrogen and oxygen atoms in total. The van der Waals surface area contributed by atoms with Gasteiger partial charge in [0.1, 0.15) is 0 Å². The number of benzene rings is 2. The van der Waals surface area contributed by atoms with Crippen molar-refractivity contribution in [1.82, 2.24) is 5.32 Å². The van der Waals surface area contributed by atoms with Gasteiger partial charge in [0.05, 0.1) is 20.3 Å². The molecule has 0 spiro atoms. The third-order valence-corrected chi connectivity index (χ3v) is 4.53. The number of hydrogen-bond donors (Lipinski definition) is 1. The SMILES string of the molecule is COc1ccc(/C=C/C(=O)OCC(=O)NC(C)c2ccc(Cl)cc2Cl)cc1OC. The molecule has 0 bridgehead atoms. The molecule has 1 N–H and O–H groups in total. The topological polar surface area (TPSA) is 73.9 Å². The van der Waals surface area contributed by atoms with Gasteiger partial charge in [0.15, 0.2) is 18.1 Å². The Hall–Kier alpha value is -2.70. The number of hydrogen-bond acceptors (Lipinski definition) is 5. The van der Waals surface area contributed by atoms with E-state index in [-0.39, 0.29) is 6.04 Å². The Bertz CT molecular complexity index is 914. The molecule has 0 saturated carbocycles. The smallest absolute Gasteiger partial charge is 0.331 e. The van der Waals surface area contributed by atoms with Crippen molar-refractivity contribution < 1.29 is 23.8 Å². The number of esters is 1. The van der Waals surface area contributed by atoms with E-state index in [4.69, 9.17) is 37.4 Å². The van der Waals surface area contributed by atoms with Crippen LogP contribution in [0.4, 0.5) is 0 Å². The van der Waals surface area contributed by atoms with Crippen molar-refractivity contribution >= 4 is 41.2 Å². The normalized spacial score (nSPS) is 11.8. The van der Waals surface area contributed by atoms with Crippen molar-refractivity contribution in [2.75, 3.05) is 20.8 Å². The van der Waals surface area contributed by atoms with Gasteiger partial charge in [0, 0.05) is 16.1 Å². The second-order valence-corrected chi connectivity index (χ2v) is 6.85. The molecule has 154 valence electrons. The average molecular weight is 438 g/mol. The van der Waals surface area contributed by atoms with E-state index in [1.165, 1.54) is 20.3 Å². The van der Waals surface area contributed by atoms with Crippen molar-refractivity contribution in [1.29, 1.82) is 0 Å². The van der Waals surface area contributed by atoms with Crippen LogP contribution in [0.2, 0.25) is 10.0 Å². The van der Waals surface area contributed by atoms with Crippen LogP contribution in [0.15, 0.2) is 42.5 Å². The van der Waals surface area contributed by atoms with Crippen molar-refractivity contribution in [3.8, 4) is 11.5 Å². The van der Waals surface area contributed by atoms with Gasteiger partial charge in [0.25, 0.3) is 5.91 Å². The Morgan fingerprint density at radius 2 is 1.79 bits per heavy atom. The number of rotatable bonds is 8. The molecule has 2 aromatic rings. The fraction of sp³-hybridized carbons (Fsp3) is 0.238. The predicted molar refractivity (Wildman–Crippen MR) is 113 cm³/mol. The van der Waals surface area contributed by atoms with Crippen LogP contribution in [0, 0.1) is 0 Å². The molecule has 1 amide bonds. The maximum Gasteiger partial charge on any atom is 0.331 e. The minimum absolute atomic E-state index is 0.367. The molecule has 0 aliphatic heterocycles. The second kappa shape index (κ2) is 10.7. The monoisotopic (exact) mass is 437 g/mol. The van der Waals surface area contributed by atoms with Crippen LogP contribution in [0.1, 0.15) is 24.1 Å². The molecule has 2 aromatic carbocycles. The molecular formula is C21H21Cl2NO5. The van der Waals surface area contributed by atoms with E-state index in [9.17, 15) is 9.59 Å². The van der Waals surface area contributed by atoms with Gasteiger partial charge in [-0.15, -0.1) is 0 Å². The number of carbonyl (C=O) groups excluding carboxylic acids is 2. The van der Waals surface area contributed by atoms with Gasteiger partial charge in [-0.1, -0.05) is 35.3 Å². The fourth-order valence-corrected chi connectivity index (χ4v) is 3.09. The minimum Gasteiger partial charge on any atom is -0.493 e. The Balaban J connectivity index is 1.86. The summed E-state index contributed by atoms with van der Waals surface area (Å²) in [5.74, 6) is 0.0274. The first kappa shape index (κ1) is 22.6. The lowest BCUT2D eigenvalue weighted by molar-refractivity contribution is -0.144. The summed E-state index contributed by atoms with van der Waals surface area (Å²) in [6.45, 7) is 1.36. The summed E-state index contributed by atoms with van der Waals surface area (Å²) in [7, 11) is 3.06. The summed E-state index contributed by atoms with van der Waals surface area (Å²) in [4.78, 5) is 23.9. The first-order chi connectivity index (χ1) is 13.8. The van der Waals surface area contributed by atoms with E-state index in [0.29, 0.717) is 27.1 Å². The van der Waals surface area contributed by atoms with Crippen LogP contribution in [-0.2, 0) is 14.3 Å². The Morgan fingerprint density at radius 1 is 1.07 bits per heavy atom. The van der Waals surface area contributed by atoms with E-state index in [0.717, 1.165) is 5.56 Å². The van der Waals surface area contributed by atoms with E-state index in [1.807, 2.05) is 0 Å². The number of amides is 1. The first-order valence-corrected chi connectivity index (χ1v) is 9.40. The summed E-state index contributed by atoms with van der Waals surface area (Å²) >= 11 is 12.0. The molecule has 0 saturated heterocycles. The highest BCUT2D eigenvalue weighted by Gasteiger charge is 2.14. The summed E-state index contributed by atoms with van der Waals surface area (Å²) in [6.07, 6.45) is 2.78.